The zero-order valence-electron chi connectivity index (χ0n) is 13.1. The molecule has 1 aromatic heterocycles. The fourth-order valence-electron chi connectivity index (χ4n) is 2.38. The van der Waals surface area contributed by atoms with E-state index in [9.17, 15) is 9.90 Å². The molecule has 4 nitrogen and oxygen atoms in total. The van der Waals surface area contributed by atoms with Crippen LogP contribution >= 0.6 is 0 Å². The predicted octanol–water partition coefficient (Wildman–Crippen LogP) is 3.31. The topological polar surface area (TPSA) is 62.2 Å². The molecule has 0 aliphatic carbocycles. The number of benzene rings is 2. The van der Waals surface area contributed by atoms with Gasteiger partial charge in [-0.15, -0.1) is 0 Å². The zero-order valence-corrected chi connectivity index (χ0v) is 13.1. The summed E-state index contributed by atoms with van der Waals surface area (Å²) < 4.78 is 0. The van der Waals surface area contributed by atoms with Gasteiger partial charge in [-0.05, 0) is 29.3 Å². The monoisotopic (exact) mass is 318 g/mol. The van der Waals surface area contributed by atoms with E-state index in [1.165, 1.54) is 0 Å². The summed E-state index contributed by atoms with van der Waals surface area (Å²) in [5.74, 6) is 0.183. The molecule has 3 aromatic rings. The van der Waals surface area contributed by atoms with Crippen LogP contribution in [0.25, 0.3) is 11.1 Å². The van der Waals surface area contributed by atoms with E-state index < -0.39 is 0 Å². The van der Waals surface area contributed by atoms with Gasteiger partial charge in [-0.1, -0.05) is 48.5 Å². The molecule has 2 N–H and O–H groups in total. The first kappa shape index (κ1) is 15.7. The molecule has 0 bridgehead atoms. The van der Waals surface area contributed by atoms with Crippen LogP contribution in [0.15, 0.2) is 72.9 Å². The van der Waals surface area contributed by atoms with Gasteiger partial charge in [-0.2, -0.15) is 0 Å². The molecule has 2 aromatic carbocycles. The lowest BCUT2D eigenvalue weighted by molar-refractivity contribution is -0.120. The van der Waals surface area contributed by atoms with Gasteiger partial charge in [0.25, 0.3) is 0 Å². The third-order valence-corrected chi connectivity index (χ3v) is 3.70. The van der Waals surface area contributed by atoms with Crippen LogP contribution in [-0.4, -0.2) is 16.0 Å². The van der Waals surface area contributed by atoms with Gasteiger partial charge in [0.15, 0.2) is 0 Å². The minimum atomic E-state index is -0.0521. The van der Waals surface area contributed by atoms with Crippen molar-refractivity contribution in [3.05, 3.63) is 84.2 Å². The Morgan fingerprint density at radius 3 is 2.29 bits per heavy atom. The average molecular weight is 318 g/mol. The lowest BCUT2D eigenvalue weighted by Crippen LogP contribution is -2.24. The van der Waals surface area contributed by atoms with Crippen LogP contribution in [0, 0.1) is 0 Å². The second kappa shape index (κ2) is 7.42. The molecular formula is C20H18N2O2. The SMILES string of the molecule is O=C(Cc1ccc(-c2ccc(O)cc2)cn1)NCc1ccccc1. The number of hydrogen-bond donors (Lipinski definition) is 2. The molecule has 24 heavy (non-hydrogen) atoms. The van der Waals surface area contributed by atoms with Crippen molar-refractivity contribution in [2.45, 2.75) is 13.0 Å². The number of nitrogens with zero attached hydrogens (tertiary/aromatic N) is 1. The number of carbonyl (C=O) groups excluding carboxylic acids is 1. The fraction of sp³-hybridized carbons (Fsp3) is 0.100. The summed E-state index contributed by atoms with van der Waals surface area (Å²) >= 11 is 0. The summed E-state index contributed by atoms with van der Waals surface area (Å²) in [5.41, 5.74) is 3.72. The Bertz CT molecular complexity index is 797. The summed E-state index contributed by atoms with van der Waals surface area (Å²) in [4.78, 5) is 16.3. The van der Waals surface area contributed by atoms with Crippen molar-refractivity contribution >= 4 is 5.91 Å². The van der Waals surface area contributed by atoms with Gasteiger partial charge in [0.2, 0.25) is 5.91 Å². The number of phenols is 1. The van der Waals surface area contributed by atoms with Crippen LogP contribution in [0.3, 0.4) is 0 Å². The zero-order chi connectivity index (χ0) is 16.8. The first-order valence-electron chi connectivity index (χ1n) is 7.76. The number of aromatic nitrogens is 1. The molecule has 0 spiro atoms. The molecule has 120 valence electrons. The van der Waals surface area contributed by atoms with Crippen LogP contribution < -0.4 is 5.32 Å². The quantitative estimate of drug-likeness (QED) is 0.758. The third kappa shape index (κ3) is 4.20. The number of phenolic OH excluding ortho intramolecular Hbond substituents is 1. The highest BCUT2D eigenvalue weighted by molar-refractivity contribution is 5.78. The van der Waals surface area contributed by atoms with Crippen LogP contribution in [0.1, 0.15) is 11.3 Å². The number of carbonyl (C=O) groups is 1. The second-order valence-corrected chi connectivity index (χ2v) is 5.52. The van der Waals surface area contributed by atoms with Gasteiger partial charge in [0.1, 0.15) is 5.75 Å². The van der Waals surface area contributed by atoms with Gasteiger partial charge in [-0.3, -0.25) is 9.78 Å². The molecule has 0 saturated heterocycles. The fourth-order valence-corrected chi connectivity index (χ4v) is 2.38. The van der Waals surface area contributed by atoms with Crippen LogP contribution in [-0.2, 0) is 17.8 Å². The van der Waals surface area contributed by atoms with E-state index in [4.69, 9.17) is 0 Å². The molecule has 0 aliphatic heterocycles. The van der Waals surface area contributed by atoms with Crippen molar-refractivity contribution in [2.24, 2.45) is 0 Å². The molecule has 3 rings (SSSR count). The van der Waals surface area contributed by atoms with Gasteiger partial charge >= 0.3 is 0 Å². The first-order valence-corrected chi connectivity index (χ1v) is 7.76. The minimum absolute atomic E-state index is 0.0521. The number of nitrogens with one attached hydrogen (secondary N) is 1. The largest absolute Gasteiger partial charge is 0.508 e. The van der Waals surface area contributed by atoms with Gasteiger partial charge in [0.05, 0.1) is 6.42 Å². The molecule has 1 heterocycles. The number of rotatable bonds is 5. The van der Waals surface area contributed by atoms with Gasteiger partial charge < -0.3 is 10.4 Å². The Balaban J connectivity index is 1.57. The summed E-state index contributed by atoms with van der Waals surface area (Å²) in [5, 5.41) is 12.2. The van der Waals surface area contributed by atoms with E-state index in [1.54, 1.807) is 18.3 Å². The molecule has 0 fully saturated rings. The Kier molecular flexibility index (Phi) is 4.87. The van der Waals surface area contributed by atoms with Crippen molar-refractivity contribution in [3.63, 3.8) is 0 Å². The number of amides is 1. The molecule has 0 aliphatic rings. The lowest BCUT2D eigenvalue weighted by atomic mass is 10.1. The highest BCUT2D eigenvalue weighted by Gasteiger charge is 2.05. The summed E-state index contributed by atoms with van der Waals surface area (Å²) in [6.07, 6.45) is 1.99. The van der Waals surface area contributed by atoms with Crippen molar-refractivity contribution < 1.29 is 9.90 Å². The maximum atomic E-state index is 12.0. The number of aromatic hydroxyl groups is 1. The molecule has 0 atom stereocenters. The van der Waals surface area contributed by atoms with Crippen molar-refractivity contribution in [1.29, 1.82) is 0 Å². The average Bonchev–Trinajstić information content (AvgIpc) is 2.62. The summed E-state index contributed by atoms with van der Waals surface area (Å²) in [6.45, 7) is 0.519. The predicted molar refractivity (Wildman–Crippen MR) is 93.3 cm³/mol. The highest BCUT2D eigenvalue weighted by Crippen LogP contribution is 2.21. The Morgan fingerprint density at radius 1 is 0.917 bits per heavy atom. The maximum Gasteiger partial charge on any atom is 0.226 e. The standard InChI is InChI=1S/C20H18N2O2/c23-19-10-7-16(8-11-19)17-6-9-18(21-14-17)12-20(24)22-13-15-4-2-1-3-5-15/h1-11,14,23H,12-13H2,(H,22,24). The summed E-state index contributed by atoms with van der Waals surface area (Å²) in [7, 11) is 0. The Hall–Kier alpha value is -3.14. The minimum Gasteiger partial charge on any atom is -0.508 e. The molecule has 1 amide bonds. The van der Waals surface area contributed by atoms with E-state index in [0.717, 1.165) is 22.4 Å². The lowest BCUT2D eigenvalue weighted by Gasteiger charge is -2.06. The van der Waals surface area contributed by atoms with Gasteiger partial charge in [-0.25, -0.2) is 0 Å². The first-order chi connectivity index (χ1) is 11.7. The van der Waals surface area contributed by atoms with Crippen molar-refractivity contribution in [2.75, 3.05) is 0 Å². The van der Waals surface area contributed by atoms with E-state index in [0.29, 0.717) is 6.54 Å². The Morgan fingerprint density at radius 2 is 1.62 bits per heavy atom. The smallest absolute Gasteiger partial charge is 0.226 e. The molecular weight excluding hydrogens is 300 g/mol. The molecule has 4 heteroatoms. The summed E-state index contributed by atoms with van der Waals surface area (Å²) in [6, 6.07) is 20.5. The van der Waals surface area contributed by atoms with Gasteiger partial charge in [0, 0.05) is 24.0 Å². The second-order valence-electron chi connectivity index (χ2n) is 5.52. The van der Waals surface area contributed by atoms with E-state index in [2.05, 4.69) is 10.3 Å². The van der Waals surface area contributed by atoms with Crippen molar-refractivity contribution in [3.8, 4) is 16.9 Å². The van der Waals surface area contributed by atoms with Crippen molar-refractivity contribution in [1.82, 2.24) is 10.3 Å². The molecule has 0 unspecified atom stereocenters. The molecule has 0 saturated carbocycles. The Labute approximate surface area is 140 Å². The highest BCUT2D eigenvalue weighted by atomic mass is 16.3. The van der Waals surface area contributed by atoms with Crippen LogP contribution in [0.4, 0.5) is 0 Å². The van der Waals surface area contributed by atoms with E-state index >= 15 is 0 Å². The van der Waals surface area contributed by atoms with Crippen LogP contribution in [0.2, 0.25) is 0 Å². The van der Waals surface area contributed by atoms with Crippen LogP contribution in [0.5, 0.6) is 5.75 Å². The number of pyridine rings is 1. The van der Waals surface area contributed by atoms with E-state index in [1.807, 2.05) is 54.6 Å². The number of hydrogen-bond acceptors (Lipinski definition) is 3. The normalized spacial score (nSPS) is 10.3. The van der Waals surface area contributed by atoms with E-state index in [-0.39, 0.29) is 18.1 Å². The maximum absolute atomic E-state index is 12.0. The molecule has 0 radical (unpaired) electrons. The third-order valence-electron chi connectivity index (χ3n) is 3.70.